The second kappa shape index (κ2) is 5.63. The molecule has 0 saturated carbocycles. The predicted octanol–water partition coefficient (Wildman–Crippen LogP) is 1.34. The van der Waals surface area contributed by atoms with E-state index in [0.717, 1.165) is 4.31 Å². The highest BCUT2D eigenvalue weighted by atomic mass is 32.2. The van der Waals surface area contributed by atoms with E-state index in [1.807, 2.05) is 12.1 Å². The van der Waals surface area contributed by atoms with E-state index in [2.05, 4.69) is 0 Å². The zero-order valence-corrected chi connectivity index (χ0v) is 11.0. The Morgan fingerprint density at radius 2 is 2.06 bits per heavy atom. The van der Waals surface area contributed by atoms with Crippen LogP contribution in [0, 0.1) is 28.6 Å². The molecule has 0 aromatic heterocycles. The van der Waals surface area contributed by atoms with Gasteiger partial charge in [0.15, 0.2) is 0 Å². The van der Waals surface area contributed by atoms with Crippen LogP contribution in [-0.4, -0.2) is 26.3 Å². The smallest absolute Gasteiger partial charge is 0.207 e. The van der Waals surface area contributed by atoms with Crippen LogP contribution in [0.4, 0.5) is 0 Å². The molecule has 0 fully saturated rings. The number of benzene rings is 1. The van der Waals surface area contributed by atoms with Crippen LogP contribution < -0.4 is 0 Å². The van der Waals surface area contributed by atoms with Crippen molar-refractivity contribution in [3.8, 4) is 12.1 Å². The first-order valence-corrected chi connectivity index (χ1v) is 6.72. The van der Waals surface area contributed by atoms with Gasteiger partial charge in [0.25, 0.3) is 0 Å². The van der Waals surface area contributed by atoms with Crippen molar-refractivity contribution in [3.05, 3.63) is 29.8 Å². The topological polar surface area (TPSA) is 85.0 Å². The first-order valence-electron chi connectivity index (χ1n) is 5.28. The lowest BCUT2D eigenvalue weighted by molar-refractivity contribution is 0.439. The van der Waals surface area contributed by atoms with Crippen LogP contribution in [0.5, 0.6) is 0 Å². The summed E-state index contributed by atoms with van der Waals surface area (Å²) in [5.41, 5.74) is 0.290. The van der Waals surface area contributed by atoms with E-state index >= 15 is 0 Å². The monoisotopic (exact) mass is 263 g/mol. The zero-order chi connectivity index (χ0) is 13.8. The number of nitrogens with zero attached hydrogens (tertiary/aromatic N) is 3. The van der Waals surface area contributed by atoms with Crippen molar-refractivity contribution in [2.24, 2.45) is 5.92 Å². The Balaban J connectivity index is 3.07. The summed E-state index contributed by atoms with van der Waals surface area (Å²) < 4.78 is 25.4. The molecule has 0 N–H and O–H groups in total. The highest BCUT2D eigenvalue weighted by Crippen LogP contribution is 2.16. The molecule has 0 radical (unpaired) electrons. The van der Waals surface area contributed by atoms with Crippen molar-refractivity contribution in [3.63, 3.8) is 0 Å². The van der Waals surface area contributed by atoms with Crippen LogP contribution in [0.2, 0.25) is 0 Å². The first kappa shape index (κ1) is 14.2. The number of sulfonamides is 1. The fraction of sp³-hybridized carbons (Fsp3) is 0.333. The molecule has 0 heterocycles. The Morgan fingerprint density at radius 1 is 1.39 bits per heavy atom. The second-order valence-corrected chi connectivity index (χ2v) is 6.00. The average molecular weight is 263 g/mol. The molecule has 1 unspecified atom stereocenters. The summed E-state index contributed by atoms with van der Waals surface area (Å²) in [5, 5.41) is 17.4. The van der Waals surface area contributed by atoms with Crippen molar-refractivity contribution < 1.29 is 8.42 Å². The molecular weight excluding hydrogens is 250 g/mol. The predicted molar refractivity (Wildman–Crippen MR) is 65.7 cm³/mol. The summed E-state index contributed by atoms with van der Waals surface area (Å²) in [6, 6.07) is 9.69. The fourth-order valence-electron chi connectivity index (χ4n) is 1.43. The maximum absolute atomic E-state index is 12.2. The molecule has 6 heteroatoms. The number of nitriles is 2. The Labute approximate surface area is 107 Å². The molecule has 18 heavy (non-hydrogen) atoms. The van der Waals surface area contributed by atoms with E-state index in [-0.39, 0.29) is 22.9 Å². The van der Waals surface area contributed by atoms with Crippen LogP contribution in [0.1, 0.15) is 12.5 Å². The van der Waals surface area contributed by atoms with E-state index < -0.39 is 10.0 Å². The van der Waals surface area contributed by atoms with Crippen molar-refractivity contribution in [1.29, 1.82) is 10.5 Å². The van der Waals surface area contributed by atoms with Gasteiger partial charge in [-0.3, -0.25) is 0 Å². The van der Waals surface area contributed by atoms with E-state index in [1.54, 1.807) is 6.92 Å². The highest BCUT2D eigenvalue weighted by molar-refractivity contribution is 7.89. The molecule has 0 aliphatic heterocycles. The van der Waals surface area contributed by atoms with Gasteiger partial charge >= 0.3 is 0 Å². The summed E-state index contributed by atoms with van der Waals surface area (Å²) in [6.45, 7) is 1.77. The van der Waals surface area contributed by atoms with Gasteiger partial charge in [-0.05, 0) is 25.1 Å². The SMILES string of the molecule is CC(C#N)CN(C)S(=O)(=O)c1cccc(C#N)c1. The van der Waals surface area contributed by atoms with Crippen LogP contribution in [0.15, 0.2) is 29.2 Å². The highest BCUT2D eigenvalue weighted by Gasteiger charge is 2.22. The quantitative estimate of drug-likeness (QED) is 0.820. The molecule has 0 spiro atoms. The first-order chi connectivity index (χ1) is 8.41. The third-order valence-electron chi connectivity index (χ3n) is 2.42. The van der Waals surface area contributed by atoms with E-state index in [1.165, 1.54) is 31.3 Å². The van der Waals surface area contributed by atoms with Crippen LogP contribution in [0.3, 0.4) is 0 Å². The minimum atomic E-state index is -3.65. The lowest BCUT2D eigenvalue weighted by atomic mass is 10.2. The summed E-state index contributed by atoms with van der Waals surface area (Å²) >= 11 is 0. The zero-order valence-electron chi connectivity index (χ0n) is 10.2. The molecule has 5 nitrogen and oxygen atoms in total. The number of rotatable bonds is 4. The van der Waals surface area contributed by atoms with Crippen LogP contribution in [-0.2, 0) is 10.0 Å². The van der Waals surface area contributed by atoms with Gasteiger partial charge in [0.05, 0.1) is 28.5 Å². The van der Waals surface area contributed by atoms with E-state index in [9.17, 15) is 8.42 Å². The van der Waals surface area contributed by atoms with Crippen molar-refractivity contribution >= 4 is 10.0 Å². The third kappa shape index (κ3) is 3.07. The maximum Gasteiger partial charge on any atom is 0.242 e. The summed E-state index contributed by atoms with van der Waals surface area (Å²) in [6.07, 6.45) is 0. The lowest BCUT2D eigenvalue weighted by Crippen LogP contribution is -2.30. The van der Waals surface area contributed by atoms with Gasteiger partial charge < -0.3 is 0 Å². The molecule has 0 bridgehead atoms. The molecule has 1 aromatic rings. The molecule has 1 rings (SSSR count). The number of hydrogen-bond acceptors (Lipinski definition) is 4. The Bertz CT molecular complexity index is 611. The van der Waals surface area contributed by atoms with E-state index in [4.69, 9.17) is 10.5 Å². The minimum Gasteiger partial charge on any atom is -0.207 e. The van der Waals surface area contributed by atoms with E-state index in [0.29, 0.717) is 0 Å². The summed E-state index contributed by atoms with van der Waals surface area (Å²) in [5.74, 6) is -0.385. The normalized spacial score (nSPS) is 12.7. The maximum atomic E-state index is 12.2. The summed E-state index contributed by atoms with van der Waals surface area (Å²) in [7, 11) is -2.23. The Morgan fingerprint density at radius 3 is 2.61 bits per heavy atom. The summed E-state index contributed by atoms with van der Waals surface area (Å²) in [4.78, 5) is 0.0641. The molecule has 0 saturated heterocycles. The third-order valence-corrected chi connectivity index (χ3v) is 4.24. The Kier molecular flexibility index (Phi) is 4.43. The molecular formula is C12H13N3O2S. The largest absolute Gasteiger partial charge is 0.242 e. The molecule has 94 valence electrons. The van der Waals surface area contributed by atoms with Gasteiger partial charge in [0.1, 0.15) is 0 Å². The van der Waals surface area contributed by atoms with Crippen molar-refractivity contribution in [2.45, 2.75) is 11.8 Å². The van der Waals surface area contributed by atoms with Crippen LogP contribution >= 0.6 is 0 Å². The molecule has 0 amide bonds. The standard InChI is InChI=1S/C12H13N3O2S/c1-10(7-13)9-15(2)18(16,17)12-5-3-4-11(6-12)8-14/h3-6,10H,9H2,1-2H3. The second-order valence-electron chi connectivity index (χ2n) is 3.96. The van der Waals surface area contributed by atoms with Crippen molar-refractivity contribution in [2.75, 3.05) is 13.6 Å². The van der Waals surface area contributed by atoms with Gasteiger partial charge in [-0.1, -0.05) is 6.07 Å². The van der Waals surface area contributed by atoms with Gasteiger partial charge in [0, 0.05) is 13.6 Å². The molecule has 0 aliphatic carbocycles. The lowest BCUT2D eigenvalue weighted by Gasteiger charge is -2.18. The molecule has 0 aliphatic rings. The van der Waals surface area contributed by atoms with Gasteiger partial charge in [-0.25, -0.2) is 8.42 Å². The fourth-order valence-corrected chi connectivity index (χ4v) is 2.74. The molecule has 1 aromatic carbocycles. The molecule has 1 atom stereocenters. The van der Waals surface area contributed by atoms with Gasteiger partial charge in [-0.15, -0.1) is 0 Å². The number of hydrogen-bond donors (Lipinski definition) is 0. The van der Waals surface area contributed by atoms with Gasteiger partial charge in [-0.2, -0.15) is 14.8 Å². The van der Waals surface area contributed by atoms with Crippen LogP contribution in [0.25, 0.3) is 0 Å². The van der Waals surface area contributed by atoms with Gasteiger partial charge in [0.2, 0.25) is 10.0 Å². The Hall–Kier alpha value is -1.89. The average Bonchev–Trinajstić information content (AvgIpc) is 2.38. The van der Waals surface area contributed by atoms with Crippen molar-refractivity contribution in [1.82, 2.24) is 4.31 Å². The minimum absolute atomic E-state index is 0.0641.